The summed E-state index contributed by atoms with van der Waals surface area (Å²) in [6, 6.07) is 0.335. The van der Waals surface area contributed by atoms with Crippen LogP contribution in [0.25, 0.3) is 0 Å². The van der Waals surface area contributed by atoms with Gasteiger partial charge in [-0.05, 0) is 20.3 Å². The van der Waals surface area contributed by atoms with E-state index in [9.17, 15) is 0 Å². The summed E-state index contributed by atoms with van der Waals surface area (Å²) in [6.07, 6.45) is 0.705. The Bertz CT molecular complexity index is 341. The van der Waals surface area contributed by atoms with Crippen molar-refractivity contribution in [1.29, 1.82) is 0 Å². The molecule has 18 heavy (non-hydrogen) atoms. The molecule has 0 spiro atoms. The number of nitrogens with zero attached hydrogens (tertiary/aromatic N) is 3. The first-order valence-electron chi connectivity index (χ1n) is 6.09. The van der Waals surface area contributed by atoms with E-state index in [-0.39, 0.29) is 11.9 Å². The second kappa shape index (κ2) is 8.10. The van der Waals surface area contributed by atoms with Crippen molar-refractivity contribution in [2.75, 3.05) is 25.1 Å². The monoisotopic (exact) mass is 272 g/mol. The van der Waals surface area contributed by atoms with Crippen LogP contribution in [0.15, 0.2) is 5.16 Å². The van der Waals surface area contributed by atoms with Crippen molar-refractivity contribution in [2.45, 2.75) is 37.6 Å². The first-order chi connectivity index (χ1) is 8.69. The Morgan fingerprint density at radius 1 is 1.33 bits per heavy atom. The quantitative estimate of drug-likeness (QED) is 0.695. The first kappa shape index (κ1) is 15.0. The lowest BCUT2D eigenvalue weighted by Gasteiger charge is -2.10. The third kappa shape index (κ3) is 5.05. The molecule has 1 rings (SSSR count). The third-order valence-corrected chi connectivity index (χ3v) is 3.08. The number of hydrogen-bond acceptors (Lipinski definition) is 7. The predicted octanol–water partition coefficient (Wildman–Crippen LogP) is 1.57. The summed E-state index contributed by atoms with van der Waals surface area (Å²) in [5.74, 6) is 0.523. The number of thioether (sulfide) groups is 1. The normalized spacial score (nSPS) is 12.2. The molecule has 0 bridgehead atoms. The highest BCUT2D eigenvalue weighted by atomic mass is 32.2. The van der Waals surface area contributed by atoms with Gasteiger partial charge in [0.25, 0.3) is 0 Å². The molecule has 0 aliphatic carbocycles. The zero-order chi connectivity index (χ0) is 13.4. The van der Waals surface area contributed by atoms with Crippen molar-refractivity contribution in [1.82, 2.24) is 15.0 Å². The van der Waals surface area contributed by atoms with E-state index in [1.165, 1.54) is 11.8 Å². The minimum Gasteiger partial charge on any atom is -0.464 e. The summed E-state index contributed by atoms with van der Waals surface area (Å²) >= 11 is 1.51. The fourth-order valence-electron chi connectivity index (χ4n) is 1.24. The highest BCUT2D eigenvalue weighted by Gasteiger charge is 2.11. The van der Waals surface area contributed by atoms with Gasteiger partial charge < -0.3 is 15.2 Å². The van der Waals surface area contributed by atoms with Crippen molar-refractivity contribution >= 4 is 17.7 Å². The molecule has 1 heterocycles. The van der Waals surface area contributed by atoms with Crippen LogP contribution in [0.1, 0.15) is 27.2 Å². The largest absolute Gasteiger partial charge is 0.464 e. The lowest BCUT2D eigenvalue weighted by molar-refractivity contribution is 0.288. The first-order valence-corrected chi connectivity index (χ1v) is 6.97. The number of rotatable bonds is 8. The van der Waals surface area contributed by atoms with Gasteiger partial charge in [0.1, 0.15) is 0 Å². The van der Waals surface area contributed by atoms with Crippen LogP contribution in [0.2, 0.25) is 0 Å². The van der Waals surface area contributed by atoms with Gasteiger partial charge >= 0.3 is 6.01 Å². The minimum atomic E-state index is 0.164. The Hall–Kier alpha value is -1.08. The lowest BCUT2D eigenvalue weighted by atomic mass is 10.4. The van der Waals surface area contributed by atoms with Crippen molar-refractivity contribution in [3.05, 3.63) is 0 Å². The van der Waals surface area contributed by atoms with Crippen LogP contribution < -0.4 is 10.1 Å². The molecule has 0 aromatic carbocycles. The molecule has 0 amide bonds. The number of aliphatic hydroxyl groups excluding tert-OH is 1. The van der Waals surface area contributed by atoms with Crippen molar-refractivity contribution in [3.8, 4) is 6.01 Å². The van der Waals surface area contributed by atoms with E-state index in [1.54, 1.807) is 0 Å². The van der Waals surface area contributed by atoms with Gasteiger partial charge in [0.15, 0.2) is 5.16 Å². The topological polar surface area (TPSA) is 80.2 Å². The van der Waals surface area contributed by atoms with Crippen molar-refractivity contribution < 1.29 is 9.84 Å². The molecular weight excluding hydrogens is 252 g/mol. The summed E-state index contributed by atoms with van der Waals surface area (Å²) in [7, 11) is 0. The highest BCUT2D eigenvalue weighted by Crippen LogP contribution is 2.23. The number of aromatic nitrogens is 3. The maximum Gasteiger partial charge on any atom is 0.322 e. The Morgan fingerprint density at radius 2 is 2.11 bits per heavy atom. The van der Waals surface area contributed by atoms with Crippen LogP contribution in [0.5, 0.6) is 6.01 Å². The summed E-state index contributed by atoms with van der Waals surface area (Å²) in [5, 5.41) is 12.8. The van der Waals surface area contributed by atoms with E-state index in [0.29, 0.717) is 30.1 Å². The minimum absolute atomic E-state index is 0.164. The number of aliphatic hydroxyl groups is 1. The zero-order valence-electron chi connectivity index (χ0n) is 11.0. The van der Waals surface area contributed by atoms with E-state index in [4.69, 9.17) is 9.84 Å². The van der Waals surface area contributed by atoms with E-state index < -0.39 is 0 Å². The molecule has 1 unspecified atom stereocenters. The van der Waals surface area contributed by atoms with Crippen LogP contribution in [0.4, 0.5) is 5.95 Å². The summed E-state index contributed by atoms with van der Waals surface area (Å²) in [4.78, 5) is 12.7. The standard InChI is InChI=1S/C11H20N4O2S/c1-4-12-9-13-10(17-5-2)15-11(14-9)18-8(3)6-7-16/h8,16H,4-7H2,1-3H3,(H,12,13,14,15). The average Bonchev–Trinajstić information content (AvgIpc) is 2.29. The van der Waals surface area contributed by atoms with Crippen LogP contribution in [0.3, 0.4) is 0 Å². The molecule has 1 atom stereocenters. The molecule has 0 saturated carbocycles. The fraction of sp³-hybridized carbons (Fsp3) is 0.727. The van der Waals surface area contributed by atoms with Gasteiger partial charge in [0.2, 0.25) is 5.95 Å². The van der Waals surface area contributed by atoms with Crippen LogP contribution in [-0.2, 0) is 0 Å². The molecule has 2 N–H and O–H groups in total. The number of nitrogens with one attached hydrogen (secondary N) is 1. The molecule has 102 valence electrons. The number of anilines is 1. The van der Waals surface area contributed by atoms with Gasteiger partial charge in [-0.1, -0.05) is 18.7 Å². The maximum atomic E-state index is 8.89. The Kier molecular flexibility index (Phi) is 6.74. The van der Waals surface area contributed by atoms with Crippen LogP contribution in [-0.4, -0.2) is 45.1 Å². The fourth-order valence-corrected chi connectivity index (χ4v) is 2.10. The third-order valence-electron chi connectivity index (χ3n) is 2.04. The highest BCUT2D eigenvalue weighted by molar-refractivity contribution is 7.99. The van der Waals surface area contributed by atoms with E-state index in [2.05, 4.69) is 20.3 Å². The second-order valence-corrected chi connectivity index (χ2v) is 5.03. The van der Waals surface area contributed by atoms with Gasteiger partial charge in [0.05, 0.1) is 6.61 Å². The number of ether oxygens (including phenoxy) is 1. The molecule has 0 saturated heterocycles. The molecule has 6 nitrogen and oxygen atoms in total. The van der Waals surface area contributed by atoms with Gasteiger partial charge in [-0.3, -0.25) is 0 Å². The molecule has 0 fully saturated rings. The smallest absolute Gasteiger partial charge is 0.322 e. The van der Waals surface area contributed by atoms with E-state index in [1.807, 2.05) is 20.8 Å². The van der Waals surface area contributed by atoms with Crippen LogP contribution in [0, 0.1) is 0 Å². The summed E-state index contributed by atoms with van der Waals surface area (Å²) < 4.78 is 5.31. The number of hydrogen-bond donors (Lipinski definition) is 2. The summed E-state index contributed by atoms with van der Waals surface area (Å²) in [6.45, 7) is 7.32. The molecule has 7 heteroatoms. The van der Waals surface area contributed by atoms with Gasteiger partial charge in [-0.2, -0.15) is 15.0 Å². The summed E-state index contributed by atoms with van der Waals surface area (Å²) in [5.41, 5.74) is 0. The molecule has 0 radical (unpaired) electrons. The molecule has 1 aromatic rings. The second-order valence-electron chi connectivity index (χ2n) is 3.63. The van der Waals surface area contributed by atoms with E-state index >= 15 is 0 Å². The van der Waals surface area contributed by atoms with Crippen molar-refractivity contribution in [3.63, 3.8) is 0 Å². The Balaban J connectivity index is 2.81. The van der Waals surface area contributed by atoms with Crippen molar-refractivity contribution in [2.24, 2.45) is 0 Å². The zero-order valence-corrected chi connectivity index (χ0v) is 11.8. The van der Waals surface area contributed by atoms with Gasteiger partial charge in [-0.15, -0.1) is 0 Å². The Morgan fingerprint density at radius 3 is 2.72 bits per heavy atom. The Labute approximate surface area is 112 Å². The maximum absolute atomic E-state index is 8.89. The van der Waals surface area contributed by atoms with Gasteiger partial charge in [-0.25, -0.2) is 0 Å². The molecule has 1 aromatic heterocycles. The lowest BCUT2D eigenvalue weighted by Crippen LogP contribution is -2.08. The molecular formula is C11H20N4O2S. The SMILES string of the molecule is CCNc1nc(OCC)nc(SC(C)CCO)n1. The molecule has 0 aliphatic rings. The average molecular weight is 272 g/mol. The van der Waals surface area contributed by atoms with Gasteiger partial charge in [0, 0.05) is 18.4 Å². The van der Waals surface area contributed by atoms with Crippen LogP contribution >= 0.6 is 11.8 Å². The predicted molar refractivity (Wildman–Crippen MR) is 72.2 cm³/mol. The molecule has 0 aliphatic heterocycles. The van der Waals surface area contributed by atoms with E-state index in [0.717, 1.165) is 6.54 Å².